The molecule has 0 bridgehead atoms. The highest BCUT2D eigenvalue weighted by Crippen LogP contribution is 2.10. The molecule has 0 saturated heterocycles. The molecule has 0 radical (unpaired) electrons. The smallest absolute Gasteiger partial charge is 0.254 e. The van der Waals surface area contributed by atoms with E-state index < -0.39 is 0 Å². The third-order valence-electron chi connectivity index (χ3n) is 2.14. The molecule has 1 unspecified atom stereocenters. The van der Waals surface area contributed by atoms with Crippen molar-refractivity contribution in [1.82, 2.24) is 5.32 Å². The van der Waals surface area contributed by atoms with Gasteiger partial charge in [0.05, 0.1) is 23.8 Å². The van der Waals surface area contributed by atoms with Gasteiger partial charge in [0, 0.05) is 20.1 Å². The molecule has 0 aliphatic rings. The average Bonchev–Trinajstić information content (AvgIpc) is 2.74. The van der Waals surface area contributed by atoms with E-state index in [4.69, 9.17) is 20.8 Å². The van der Waals surface area contributed by atoms with Crippen molar-refractivity contribution in [3.05, 3.63) is 23.7 Å². The number of hydrogen-bond donors (Lipinski definition) is 1. The molecule has 90 valence electrons. The molecule has 4 nitrogen and oxygen atoms in total. The highest BCUT2D eigenvalue weighted by molar-refractivity contribution is 6.21. The monoisotopic (exact) mass is 245 g/mol. The summed E-state index contributed by atoms with van der Waals surface area (Å²) in [5.74, 6) is 0.530. The van der Waals surface area contributed by atoms with Gasteiger partial charge in [0.15, 0.2) is 0 Å². The van der Waals surface area contributed by atoms with Gasteiger partial charge in [-0.2, -0.15) is 0 Å². The number of nitrogens with one attached hydrogen (secondary N) is 1. The molecule has 0 fully saturated rings. The quantitative estimate of drug-likeness (QED) is 0.778. The second-order valence-electron chi connectivity index (χ2n) is 3.37. The Labute approximate surface area is 99.9 Å². The standard InChI is InChI=1S/C11H16ClNO3/c1-3-10-9(4-5-16-10)11(14)13-6-8(12)7-15-2/h4-5,8H,3,6-7H2,1-2H3,(H,13,14). The van der Waals surface area contributed by atoms with Crippen LogP contribution in [0.3, 0.4) is 0 Å². The summed E-state index contributed by atoms with van der Waals surface area (Å²) in [6, 6.07) is 1.66. The maximum absolute atomic E-state index is 11.7. The van der Waals surface area contributed by atoms with E-state index in [0.29, 0.717) is 30.9 Å². The van der Waals surface area contributed by atoms with Gasteiger partial charge in [-0.15, -0.1) is 11.6 Å². The maximum Gasteiger partial charge on any atom is 0.254 e. The van der Waals surface area contributed by atoms with Gasteiger partial charge in [-0.05, 0) is 6.07 Å². The molecule has 16 heavy (non-hydrogen) atoms. The lowest BCUT2D eigenvalue weighted by Crippen LogP contribution is -2.31. The van der Waals surface area contributed by atoms with Gasteiger partial charge in [-0.3, -0.25) is 4.79 Å². The van der Waals surface area contributed by atoms with Crippen LogP contribution in [0, 0.1) is 0 Å². The molecule has 1 rings (SSSR count). The van der Waals surface area contributed by atoms with Crippen LogP contribution in [0.15, 0.2) is 16.7 Å². The summed E-state index contributed by atoms with van der Waals surface area (Å²) in [4.78, 5) is 11.7. The minimum absolute atomic E-state index is 0.160. The molecule has 1 aromatic rings. The van der Waals surface area contributed by atoms with Crippen molar-refractivity contribution in [3.63, 3.8) is 0 Å². The second-order valence-corrected chi connectivity index (χ2v) is 3.99. The molecular weight excluding hydrogens is 230 g/mol. The van der Waals surface area contributed by atoms with Crippen LogP contribution in [-0.4, -0.2) is 31.5 Å². The van der Waals surface area contributed by atoms with Gasteiger partial charge >= 0.3 is 0 Å². The van der Waals surface area contributed by atoms with E-state index in [9.17, 15) is 4.79 Å². The fraction of sp³-hybridized carbons (Fsp3) is 0.545. The minimum atomic E-state index is -0.217. The molecule has 0 saturated carbocycles. The Bertz CT molecular complexity index is 338. The van der Waals surface area contributed by atoms with Gasteiger partial charge in [0.2, 0.25) is 0 Å². The number of furan rings is 1. The lowest BCUT2D eigenvalue weighted by Gasteiger charge is -2.09. The number of alkyl halides is 1. The summed E-state index contributed by atoms with van der Waals surface area (Å²) in [5, 5.41) is 2.52. The van der Waals surface area contributed by atoms with Crippen molar-refractivity contribution in [1.29, 1.82) is 0 Å². The Morgan fingerprint density at radius 3 is 3.06 bits per heavy atom. The predicted octanol–water partition coefficient (Wildman–Crippen LogP) is 1.83. The first kappa shape index (κ1) is 13.1. The molecule has 0 aliphatic carbocycles. The highest BCUT2D eigenvalue weighted by Gasteiger charge is 2.14. The number of aryl methyl sites for hydroxylation is 1. The van der Waals surface area contributed by atoms with Crippen LogP contribution in [0.4, 0.5) is 0 Å². The van der Waals surface area contributed by atoms with Crippen LogP contribution in [0.2, 0.25) is 0 Å². The number of ether oxygens (including phenoxy) is 1. The van der Waals surface area contributed by atoms with Crippen LogP contribution in [0.25, 0.3) is 0 Å². The summed E-state index contributed by atoms with van der Waals surface area (Å²) < 4.78 is 10.0. The topological polar surface area (TPSA) is 51.5 Å². The van der Waals surface area contributed by atoms with Crippen LogP contribution in [0.5, 0.6) is 0 Å². The number of amides is 1. The average molecular weight is 246 g/mol. The normalized spacial score (nSPS) is 12.4. The molecule has 5 heteroatoms. The van der Waals surface area contributed by atoms with Gasteiger partial charge in [0.25, 0.3) is 5.91 Å². The SMILES string of the molecule is CCc1occc1C(=O)NCC(Cl)COC. The summed E-state index contributed by atoms with van der Waals surface area (Å²) in [5.41, 5.74) is 0.573. The van der Waals surface area contributed by atoms with E-state index in [0.717, 1.165) is 0 Å². The van der Waals surface area contributed by atoms with Gasteiger partial charge in [-0.1, -0.05) is 6.92 Å². The fourth-order valence-corrected chi connectivity index (χ4v) is 1.56. The van der Waals surface area contributed by atoms with Crippen molar-refractivity contribution < 1.29 is 13.9 Å². The molecule has 0 aliphatic heterocycles. The van der Waals surface area contributed by atoms with Crippen molar-refractivity contribution >= 4 is 17.5 Å². The van der Waals surface area contributed by atoms with Crippen LogP contribution in [-0.2, 0) is 11.2 Å². The Balaban J connectivity index is 2.46. The maximum atomic E-state index is 11.7. The van der Waals surface area contributed by atoms with Gasteiger partial charge in [-0.25, -0.2) is 0 Å². The molecule has 1 N–H and O–H groups in total. The third kappa shape index (κ3) is 3.54. The summed E-state index contributed by atoms with van der Waals surface area (Å²) in [6.07, 6.45) is 2.21. The van der Waals surface area contributed by atoms with Crippen LogP contribution in [0.1, 0.15) is 23.0 Å². The van der Waals surface area contributed by atoms with E-state index in [2.05, 4.69) is 5.32 Å². The molecule has 1 aromatic heterocycles. The molecule has 1 atom stereocenters. The lowest BCUT2D eigenvalue weighted by molar-refractivity contribution is 0.0947. The van der Waals surface area contributed by atoms with E-state index in [1.165, 1.54) is 6.26 Å². The Kier molecular flexibility index (Phi) is 5.35. The first-order valence-corrected chi connectivity index (χ1v) is 5.60. The molecular formula is C11H16ClNO3. The zero-order chi connectivity index (χ0) is 12.0. The third-order valence-corrected chi connectivity index (χ3v) is 2.42. The number of hydrogen-bond acceptors (Lipinski definition) is 3. The molecule has 1 amide bonds. The van der Waals surface area contributed by atoms with E-state index in [-0.39, 0.29) is 11.3 Å². The molecule has 0 aromatic carbocycles. The summed E-state index contributed by atoms with van der Waals surface area (Å²) >= 11 is 5.90. The van der Waals surface area contributed by atoms with Crippen molar-refractivity contribution in [3.8, 4) is 0 Å². The predicted molar refractivity (Wildman–Crippen MR) is 61.9 cm³/mol. The van der Waals surface area contributed by atoms with Gasteiger partial charge in [0.1, 0.15) is 5.76 Å². The van der Waals surface area contributed by atoms with E-state index in [1.807, 2.05) is 6.92 Å². The van der Waals surface area contributed by atoms with Crippen LogP contribution >= 0.6 is 11.6 Å². The van der Waals surface area contributed by atoms with Crippen molar-refractivity contribution in [2.24, 2.45) is 0 Å². The van der Waals surface area contributed by atoms with E-state index >= 15 is 0 Å². The Morgan fingerprint density at radius 1 is 1.69 bits per heavy atom. The number of carbonyl (C=O) groups excluding carboxylic acids is 1. The molecule has 0 spiro atoms. The number of halogens is 1. The van der Waals surface area contributed by atoms with Crippen molar-refractivity contribution in [2.75, 3.05) is 20.3 Å². The Morgan fingerprint density at radius 2 is 2.44 bits per heavy atom. The number of methoxy groups -OCH3 is 1. The largest absolute Gasteiger partial charge is 0.469 e. The summed E-state index contributed by atoms with van der Waals surface area (Å²) in [7, 11) is 1.57. The van der Waals surface area contributed by atoms with Crippen LogP contribution < -0.4 is 5.32 Å². The zero-order valence-electron chi connectivity index (χ0n) is 9.46. The van der Waals surface area contributed by atoms with E-state index in [1.54, 1.807) is 13.2 Å². The lowest BCUT2D eigenvalue weighted by atomic mass is 10.2. The first-order valence-electron chi connectivity index (χ1n) is 5.16. The zero-order valence-corrected chi connectivity index (χ0v) is 10.2. The Hall–Kier alpha value is -1.00. The van der Waals surface area contributed by atoms with Gasteiger partial charge < -0.3 is 14.5 Å². The molecule has 1 heterocycles. The second kappa shape index (κ2) is 6.55. The summed E-state index contributed by atoms with van der Waals surface area (Å²) in [6.45, 7) is 2.72. The first-order chi connectivity index (χ1) is 7.69. The number of carbonyl (C=O) groups is 1. The highest BCUT2D eigenvalue weighted by atomic mass is 35.5. The fourth-order valence-electron chi connectivity index (χ4n) is 1.36. The minimum Gasteiger partial charge on any atom is -0.469 e. The van der Waals surface area contributed by atoms with Crippen molar-refractivity contribution in [2.45, 2.75) is 18.7 Å². The number of rotatable bonds is 6.